The van der Waals surface area contributed by atoms with Crippen molar-refractivity contribution in [3.8, 4) is 5.75 Å². The van der Waals surface area contributed by atoms with Gasteiger partial charge >= 0.3 is 0 Å². The number of ether oxygens (including phenoxy) is 1. The molecule has 94 valence electrons. The molecule has 2 aromatic rings. The molecule has 1 heterocycles. The Morgan fingerprint density at radius 2 is 2.00 bits per heavy atom. The van der Waals surface area contributed by atoms with Crippen LogP contribution in [-0.4, -0.2) is 16.1 Å². The van der Waals surface area contributed by atoms with E-state index in [2.05, 4.69) is 5.10 Å². The maximum atomic E-state index is 10.5. The summed E-state index contributed by atoms with van der Waals surface area (Å²) in [6.07, 6.45) is 0.796. The van der Waals surface area contributed by atoms with Gasteiger partial charge in [0.2, 0.25) is 0 Å². The summed E-state index contributed by atoms with van der Waals surface area (Å²) in [6, 6.07) is 6.90. The Balaban J connectivity index is 2.06. The van der Waals surface area contributed by atoms with Gasteiger partial charge < -0.3 is 4.74 Å². The molecule has 0 fully saturated rings. The summed E-state index contributed by atoms with van der Waals surface area (Å²) < 4.78 is 7.27. The molecular weight excluding hydrogens is 252 g/mol. The van der Waals surface area contributed by atoms with Crippen molar-refractivity contribution in [2.75, 3.05) is 0 Å². The fourth-order valence-corrected chi connectivity index (χ4v) is 1.71. The molecule has 18 heavy (non-hydrogen) atoms. The van der Waals surface area contributed by atoms with Crippen LogP contribution in [0.2, 0.25) is 5.02 Å². The van der Waals surface area contributed by atoms with E-state index in [1.807, 2.05) is 13.8 Å². The summed E-state index contributed by atoms with van der Waals surface area (Å²) >= 11 is 6.04. The molecule has 0 spiro atoms. The van der Waals surface area contributed by atoms with Gasteiger partial charge in [0.15, 0.2) is 6.73 Å². The lowest BCUT2D eigenvalue weighted by atomic mass is 10.2. The van der Waals surface area contributed by atoms with Crippen molar-refractivity contribution in [3.63, 3.8) is 0 Å². The number of nitrogens with zero attached hydrogens (tertiary/aromatic N) is 2. The van der Waals surface area contributed by atoms with Crippen molar-refractivity contribution >= 4 is 17.9 Å². The van der Waals surface area contributed by atoms with Crippen molar-refractivity contribution in [1.82, 2.24) is 9.78 Å². The van der Waals surface area contributed by atoms with Crippen LogP contribution in [0.3, 0.4) is 0 Å². The van der Waals surface area contributed by atoms with Crippen molar-refractivity contribution in [1.29, 1.82) is 0 Å². The molecule has 0 atom stereocenters. The molecule has 0 radical (unpaired) electrons. The van der Waals surface area contributed by atoms with E-state index < -0.39 is 0 Å². The zero-order valence-electron chi connectivity index (χ0n) is 10.2. The van der Waals surface area contributed by atoms with E-state index in [-0.39, 0.29) is 0 Å². The molecule has 0 saturated heterocycles. The van der Waals surface area contributed by atoms with Gasteiger partial charge in [-0.05, 0) is 38.1 Å². The number of halogens is 1. The van der Waals surface area contributed by atoms with Gasteiger partial charge in [-0.15, -0.1) is 0 Å². The number of aromatic nitrogens is 2. The Morgan fingerprint density at radius 1 is 1.33 bits per heavy atom. The van der Waals surface area contributed by atoms with Crippen LogP contribution < -0.4 is 4.74 Å². The van der Waals surface area contributed by atoms with Crippen LogP contribution in [0.1, 0.15) is 21.7 Å². The fourth-order valence-electron chi connectivity index (χ4n) is 1.58. The molecule has 0 aliphatic heterocycles. The van der Waals surface area contributed by atoms with E-state index >= 15 is 0 Å². The minimum absolute atomic E-state index is 0.291. The van der Waals surface area contributed by atoms with Crippen LogP contribution in [0.15, 0.2) is 24.3 Å². The first-order valence-electron chi connectivity index (χ1n) is 5.49. The molecule has 0 aliphatic carbocycles. The van der Waals surface area contributed by atoms with Gasteiger partial charge in [0.1, 0.15) is 12.0 Å². The lowest BCUT2D eigenvalue weighted by Crippen LogP contribution is -2.08. The predicted octanol–water partition coefficient (Wildman–Crippen LogP) is 3.00. The monoisotopic (exact) mass is 264 g/mol. The van der Waals surface area contributed by atoms with Gasteiger partial charge in [0.25, 0.3) is 0 Å². The van der Waals surface area contributed by atoms with Crippen LogP contribution in [0, 0.1) is 13.8 Å². The molecule has 0 amide bonds. The smallest absolute Gasteiger partial charge is 0.181 e. The van der Waals surface area contributed by atoms with E-state index in [1.54, 1.807) is 28.9 Å². The highest BCUT2D eigenvalue weighted by Gasteiger charge is 2.08. The van der Waals surface area contributed by atoms with Crippen LogP contribution >= 0.6 is 11.6 Å². The average Bonchev–Trinajstić information content (AvgIpc) is 2.64. The number of carbonyl (C=O) groups excluding carboxylic acids is 1. The molecule has 5 heteroatoms. The van der Waals surface area contributed by atoms with Crippen molar-refractivity contribution in [2.24, 2.45) is 0 Å². The molecule has 1 aromatic heterocycles. The second kappa shape index (κ2) is 5.23. The minimum Gasteiger partial charge on any atom is -0.471 e. The lowest BCUT2D eigenvalue weighted by Gasteiger charge is -2.07. The number of aryl methyl sites for hydroxylation is 1. The molecular formula is C13H13ClN2O2. The van der Waals surface area contributed by atoms with Gasteiger partial charge in [0.05, 0.1) is 16.4 Å². The fraction of sp³-hybridized carbons (Fsp3) is 0.231. The third kappa shape index (κ3) is 2.54. The number of benzene rings is 1. The SMILES string of the molecule is Cc1nn(COc2ccc(C=O)cc2)c(C)c1Cl. The quantitative estimate of drug-likeness (QED) is 0.798. The van der Waals surface area contributed by atoms with E-state index in [0.717, 1.165) is 17.7 Å². The first-order chi connectivity index (χ1) is 8.61. The summed E-state index contributed by atoms with van der Waals surface area (Å²) in [5.41, 5.74) is 2.28. The van der Waals surface area contributed by atoms with Gasteiger partial charge in [-0.2, -0.15) is 5.10 Å². The standard InChI is InChI=1S/C13H13ClN2O2/c1-9-13(14)10(2)16(15-9)8-18-12-5-3-11(7-17)4-6-12/h3-7H,8H2,1-2H3. The molecule has 1 aromatic carbocycles. The van der Waals surface area contributed by atoms with Crippen molar-refractivity contribution in [2.45, 2.75) is 20.6 Å². The van der Waals surface area contributed by atoms with Gasteiger partial charge in [-0.25, -0.2) is 4.68 Å². The number of aldehydes is 1. The zero-order valence-corrected chi connectivity index (χ0v) is 10.9. The molecule has 0 N–H and O–H groups in total. The third-order valence-corrected chi connectivity index (χ3v) is 3.21. The van der Waals surface area contributed by atoms with Crippen LogP contribution in [0.4, 0.5) is 0 Å². The Kier molecular flexibility index (Phi) is 3.67. The number of carbonyl (C=O) groups is 1. The highest BCUT2D eigenvalue weighted by molar-refractivity contribution is 6.31. The summed E-state index contributed by atoms with van der Waals surface area (Å²) in [7, 11) is 0. The van der Waals surface area contributed by atoms with Gasteiger partial charge in [0, 0.05) is 5.56 Å². The van der Waals surface area contributed by atoms with Gasteiger partial charge in [-0.1, -0.05) is 11.6 Å². The van der Waals surface area contributed by atoms with E-state index in [1.165, 1.54) is 0 Å². The number of hydrogen-bond donors (Lipinski definition) is 0. The Labute approximate surface area is 110 Å². The first-order valence-corrected chi connectivity index (χ1v) is 5.87. The molecule has 4 nitrogen and oxygen atoms in total. The minimum atomic E-state index is 0.291. The van der Waals surface area contributed by atoms with E-state index in [4.69, 9.17) is 16.3 Å². The summed E-state index contributed by atoms with van der Waals surface area (Å²) in [6.45, 7) is 4.03. The van der Waals surface area contributed by atoms with Crippen LogP contribution in [0.5, 0.6) is 5.75 Å². The highest BCUT2D eigenvalue weighted by Crippen LogP contribution is 2.19. The Bertz CT molecular complexity index is 561. The molecule has 0 unspecified atom stereocenters. The Hall–Kier alpha value is -1.81. The van der Waals surface area contributed by atoms with Crippen LogP contribution in [-0.2, 0) is 6.73 Å². The number of hydrogen-bond acceptors (Lipinski definition) is 3. The summed E-state index contributed by atoms with van der Waals surface area (Å²) in [5.74, 6) is 0.685. The lowest BCUT2D eigenvalue weighted by molar-refractivity contribution is 0.112. The Morgan fingerprint density at radius 3 is 2.50 bits per heavy atom. The normalized spacial score (nSPS) is 10.4. The van der Waals surface area contributed by atoms with E-state index in [0.29, 0.717) is 23.1 Å². The van der Waals surface area contributed by atoms with Crippen molar-refractivity contribution in [3.05, 3.63) is 46.2 Å². The highest BCUT2D eigenvalue weighted by atomic mass is 35.5. The molecule has 0 saturated carbocycles. The van der Waals surface area contributed by atoms with Crippen LogP contribution in [0.25, 0.3) is 0 Å². The molecule has 0 aliphatic rings. The first kappa shape index (κ1) is 12.6. The third-order valence-electron chi connectivity index (χ3n) is 2.66. The topological polar surface area (TPSA) is 44.1 Å². The van der Waals surface area contributed by atoms with Crippen molar-refractivity contribution < 1.29 is 9.53 Å². The second-order valence-corrected chi connectivity index (χ2v) is 4.32. The summed E-state index contributed by atoms with van der Waals surface area (Å²) in [5, 5.41) is 4.92. The van der Waals surface area contributed by atoms with Gasteiger partial charge in [-0.3, -0.25) is 4.79 Å². The zero-order chi connectivity index (χ0) is 13.1. The maximum Gasteiger partial charge on any atom is 0.181 e. The second-order valence-electron chi connectivity index (χ2n) is 3.94. The average molecular weight is 265 g/mol. The molecule has 0 bridgehead atoms. The largest absolute Gasteiger partial charge is 0.471 e. The van der Waals surface area contributed by atoms with E-state index in [9.17, 15) is 4.79 Å². The molecule has 2 rings (SSSR count). The maximum absolute atomic E-state index is 10.5. The summed E-state index contributed by atoms with van der Waals surface area (Å²) in [4.78, 5) is 10.5. The predicted molar refractivity (Wildman–Crippen MR) is 69.2 cm³/mol. The number of rotatable bonds is 4.